The zero-order chi connectivity index (χ0) is 15.8. The van der Waals surface area contributed by atoms with Crippen LogP contribution in [0, 0.1) is 11.8 Å². The van der Waals surface area contributed by atoms with Crippen molar-refractivity contribution < 1.29 is 0 Å². The molecular weight excluding hydrogens is 282 g/mol. The first-order valence-corrected chi connectivity index (χ1v) is 8.47. The molecule has 3 heteroatoms. The number of para-hydroxylation sites is 1. The quantitative estimate of drug-likeness (QED) is 0.911. The number of hydrogen-bond acceptors (Lipinski definition) is 3. The lowest BCUT2D eigenvalue weighted by molar-refractivity contribution is 0.456. The summed E-state index contributed by atoms with van der Waals surface area (Å²) >= 11 is 0. The first kappa shape index (κ1) is 14.5. The maximum atomic E-state index is 6.26. The van der Waals surface area contributed by atoms with Crippen LogP contribution in [0.5, 0.6) is 0 Å². The molecule has 1 aliphatic heterocycles. The minimum Gasteiger partial charge on any atom is -0.387 e. The van der Waals surface area contributed by atoms with E-state index < -0.39 is 0 Å². The van der Waals surface area contributed by atoms with Gasteiger partial charge in [0, 0.05) is 12.5 Å². The Balaban J connectivity index is 1.62. The molecule has 2 aliphatic rings. The molecular formula is C20H23N3. The van der Waals surface area contributed by atoms with Gasteiger partial charge in [-0.3, -0.25) is 0 Å². The molecule has 23 heavy (non-hydrogen) atoms. The van der Waals surface area contributed by atoms with Gasteiger partial charge in [-0.1, -0.05) is 42.5 Å². The first-order valence-electron chi connectivity index (χ1n) is 8.47. The second-order valence-corrected chi connectivity index (χ2v) is 6.79. The first-order chi connectivity index (χ1) is 11.3. The fraction of sp³-hybridized carbons (Fsp3) is 0.350. The third-order valence-corrected chi connectivity index (χ3v) is 5.47. The third-order valence-electron chi connectivity index (χ3n) is 5.47. The zero-order valence-electron chi connectivity index (χ0n) is 13.3. The fourth-order valence-corrected chi connectivity index (χ4v) is 4.32. The largest absolute Gasteiger partial charge is 0.387 e. The molecule has 2 aromatic carbocycles. The average molecular weight is 305 g/mol. The summed E-state index contributed by atoms with van der Waals surface area (Å²) in [7, 11) is 0. The van der Waals surface area contributed by atoms with E-state index in [0.717, 1.165) is 24.4 Å². The molecule has 3 unspecified atom stereocenters. The third kappa shape index (κ3) is 2.55. The molecule has 0 amide bonds. The molecule has 1 heterocycles. The van der Waals surface area contributed by atoms with Crippen LogP contribution in [0.3, 0.4) is 0 Å². The van der Waals surface area contributed by atoms with Gasteiger partial charge in [-0.15, -0.1) is 0 Å². The van der Waals surface area contributed by atoms with E-state index in [0.29, 0.717) is 24.3 Å². The van der Waals surface area contributed by atoms with E-state index in [-0.39, 0.29) is 0 Å². The van der Waals surface area contributed by atoms with Crippen LogP contribution in [-0.2, 0) is 13.0 Å². The van der Waals surface area contributed by atoms with Crippen molar-refractivity contribution >= 4 is 11.5 Å². The van der Waals surface area contributed by atoms with Crippen LogP contribution in [-0.4, -0.2) is 5.84 Å². The number of hydrogen-bond donors (Lipinski definition) is 2. The predicted octanol–water partition coefficient (Wildman–Crippen LogP) is 3.50. The van der Waals surface area contributed by atoms with E-state index in [1.165, 1.54) is 23.1 Å². The highest BCUT2D eigenvalue weighted by molar-refractivity contribution is 5.89. The van der Waals surface area contributed by atoms with Crippen LogP contribution in [0.15, 0.2) is 53.5 Å². The van der Waals surface area contributed by atoms with E-state index in [1.807, 2.05) is 6.07 Å². The van der Waals surface area contributed by atoms with E-state index in [1.54, 1.807) is 0 Å². The van der Waals surface area contributed by atoms with Gasteiger partial charge in [0.2, 0.25) is 0 Å². The van der Waals surface area contributed by atoms with Crippen molar-refractivity contribution in [2.24, 2.45) is 28.3 Å². The molecule has 3 atom stereocenters. The number of aliphatic imine (C=N–C) groups is 1. The summed E-state index contributed by atoms with van der Waals surface area (Å²) in [4.78, 5) is 4.63. The zero-order valence-corrected chi connectivity index (χ0v) is 13.3. The van der Waals surface area contributed by atoms with Gasteiger partial charge in [0.05, 0.1) is 5.69 Å². The minimum absolute atomic E-state index is 0.415. The van der Waals surface area contributed by atoms with Crippen molar-refractivity contribution in [2.45, 2.75) is 31.7 Å². The molecule has 0 radical (unpaired) electrons. The second-order valence-electron chi connectivity index (χ2n) is 6.79. The van der Waals surface area contributed by atoms with Crippen molar-refractivity contribution in [1.29, 1.82) is 0 Å². The molecule has 0 saturated heterocycles. The van der Waals surface area contributed by atoms with E-state index in [2.05, 4.69) is 47.5 Å². The molecule has 1 aliphatic carbocycles. The second kappa shape index (κ2) is 5.82. The highest BCUT2D eigenvalue weighted by Crippen LogP contribution is 2.50. The van der Waals surface area contributed by atoms with Crippen molar-refractivity contribution in [2.75, 3.05) is 0 Å². The van der Waals surface area contributed by atoms with Crippen molar-refractivity contribution in [3.8, 4) is 0 Å². The Morgan fingerprint density at radius 1 is 0.957 bits per heavy atom. The minimum atomic E-state index is 0.415. The van der Waals surface area contributed by atoms with Crippen LogP contribution in [0.2, 0.25) is 0 Å². The van der Waals surface area contributed by atoms with Gasteiger partial charge in [0.1, 0.15) is 5.84 Å². The summed E-state index contributed by atoms with van der Waals surface area (Å²) in [6, 6.07) is 17.2. The molecule has 0 spiro atoms. The number of benzene rings is 2. The molecule has 0 bridgehead atoms. The topological polar surface area (TPSA) is 64.4 Å². The van der Waals surface area contributed by atoms with Crippen molar-refractivity contribution in [3.05, 3.63) is 65.2 Å². The lowest BCUT2D eigenvalue weighted by Gasteiger charge is -2.30. The highest BCUT2D eigenvalue weighted by Gasteiger charge is 2.42. The average Bonchev–Trinajstić information content (AvgIpc) is 3.00. The van der Waals surface area contributed by atoms with Gasteiger partial charge in [-0.05, 0) is 53.9 Å². The maximum Gasteiger partial charge on any atom is 0.103 e. The molecule has 2 aromatic rings. The Morgan fingerprint density at radius 2 is 1.70 bits per heavy atom. The number of nitrogens with zero attached hydrogens (tertiary/aromatic N) is 1. The SMILES string of the molecule is NCc1ccc(CC2CCC3C(N)=Nc4ccccc4C23)cc1. The maximum absolute atomic E-state index is 6.26. The van der Waals surface area contributed by atoms with Gasteiger partial charge in [-0.2, -0.15) is 0 Å². The molecule has 3 nitrogen and oxygen atoms in total. The van der Waals surface area contributed by atoms with Gasteiger partial charge in [0.25, 0.3) is 0 Å². The van der Waals surface area contributed by atoms with Gasteiger partial charge >= 0.3 is 0 Å². The number of rotatable bonds is 3. The molecule has 0 aromatic heterocycles. The Labute approximate surface area is 137 Å². The highest BCUT2D eigenvalue weighted by atomic mass is 14.9. The van der Waals surface area contributed by atoms with Crippen LogP contribution in [0.25, 0.3) is 0 Å². The Hall–Kier alpha value is -2.13. The number of amidine groups is 1. The van der Waals surface area contributed by atoms with Gasteiger partial charge < -0.3 is 11.5 Å². The summed E-state index contributed by atoms with van der Waals surface area (Å²) in [5.74, 6) is 2.39. The molecule has 4 N–H and O–H groups in total. The summed E-state index contributed by atoms with van der Waals surface area (Å²) in [5, 5.41) is 0. The van der Waals surface area contributed by atoms with Crippen LogP contribution in [0.4, 0.5) is 5.69 Å². The van der Waals surface area contributed by atoms with Crippen LogP contribution >= 0.6 is 0 Å². The molecule has 1 saturated carbocycles. The smallest absolute Gasteiger partial charge is 0.103 e. The predicted molar refractivity (Wildman–Crippen MR) is 94.7 cm³/mol. The summed E-state index contributed by atoms with van der Waals surface area (Å²) < 4.78 is 0. The van der Waals surface area contributed by atoms with E-state index >= 15 is 0 Å². The summed E-state index contributed by atoms with van der Waals surface area (Å²) in [5.41, 5.74) is 17.0. The number of fused-ring (bicyclic) bond motifs is 3. The van der Waals surface area contributed by atoms with E-state index in [9.17, 15) is 0 Å². The lowest BCUT2D eigenvalue weighted by atomic mass is 9.78. The van der Waals surface area contributed by atoms with Crippen molar-refractivity contribution in [3.63, 3.8) is 0 Å². The van der Waals surface area contributed by atoms with Gasteiger partial charge in [0.15, 0.2) is 0 Å². The monoisotopic (exact) mass is 305 g/mol. The van der Waals surface area contributed by atoms with E-state index in [4.69, 9.17) is 11.5 Å². The Morgan fingerprint density at radius 3 is 2.48 bits per heavy atom. The van der Waals surface area contributed by atoms with Gasteiger partial charge in [-0.25, -0.2) is 4.99 Å². The Bertz CT molecular complexity index is 733. The summed E-state index contributed by atoms with van der Waals surface area (Å²) in [6.07, 6.45) is 3.48. The van der Waals surface area contributed by atoms with Crippen molar-refractivity contribution in [1.82, 2.24) is 0 Å². The number of nitrogens with two attached hydrogens (primary N) is 2. The normalized spacial score (nSPS) is 25.6. The molecule has 1 fully saturated rings. The van der Waals surface area contributed by atoms with Crippen LogP contribution in [0.1, 0.15) is 35.4 Å². The lowest BCUT2D eigenvalue weighted by Crippen LogP contribution is -2.30. The molecule has 4 rings (SSSR count). The van der Waals surface area contributed by atoms with Crippen LogP contribution < -0.4 is 11.5 Å². The standard InChI is InChI=1S/C20H23N3/c21-12-14-7-5-13(6-8-14)11-15-9-10-17-19(15)16-3-1-2-4-18(16)23-20(17)22/h1-8,15,17,19H,9-12,21H2,(H2,22,23). The fourth-order valence-electron chi connectivity index (χ4n) is 4.32. The summed E-state index contributed by atoms with van der Waals surface area (Å²) in [6.45, 7) is 0.606. The molecule has 118 valence electrons. The Kier molecular flexibility index (Phi) is 3.66.